The normalized spacial score (nSPS) is 24.8. The summed E-state index contributed by atoms with van der Waals surface area (Å²) >= 11 is 0. The van der Waals surface area contributed by atoms with Gasteiger partial charge in [-0.25, -0.2) is 0 Å². The second kappa shape index (κ2) is 7.49. The van der Waals surface area contributed by atoms with Crippen molar-refractivity contribution in [1.29, 1.82) is 0 Å². The summed E-state index contributed by atoms with van der Waals surface area (Å²) in [6, 6.07) is 17.3. The number of ether oxygens (including phenoxy) is 2. The zero-order chi connectivity index (χ0) is 18.0. The van der Waals surface area contributed by atoms with Crippen molar-refractivity contribution in [3.8, 4) is 11.1 Å². The molecule has 0 bridgehead atoms. The highest BCUT2D eigenvalue weighted by atomic mass is 16.7. The summed E-state index contributed by atoms with van der Waals surface area (Å²) < 4.78 is 12.0. The van der Waals surface area contributed by atoms with Crippen LogP contribution in [-0.2, 0) is 16.0 Å². The van der Waals surface area contributed by atoms with Crippen LogP contribution < -0.4 is 5.32 Å². The number of aliphatic hydroxyl groups excluding tert-OH is 1. The zero-order valence-electron chi connectivity index (χ0n) is 15.3. The molecule has 26 heavy (non-hydrogen) atoms. The molecule has 1 spiro atoms. The fourth-order valence-corrected chi connectivity index (χ4v) is 4.24. The minimum atomic E-state index is -0.546. The summed E-state index contributed by atoms with van der Waals surface area (Å²) in [6.07, 6.45) is 1.91. The second-order valence-corrected chi connectivity index (χ2v) is 7.34. The first-order chi connectivity index (χ1) is 12.7. The molecule has 1 heterocycles. The van der Waals surface area contributed by atoms with Crippen LogP contribution in [0.3, 0.4) is 0 Å². The summed E-state index contributed by atoms with van der Waals surface area (Å²) in [4.78, 5) is 0. The average molecular weight is 353 g/mol. The van der Waals surface area contributed by atoms with Crippen LogP contribution in [0.25, 0.3) is 11.1 Å². The van der Waals surface area contributed by atoms with Gasteiger partial charge < -0.3 is 19.9 Å². The van der Waals surface area contributed by atoms with Crippen molar-refractivity contribution in [3.63, 3.8) is 0 Å². The molecule has 0 aromatic heterocycles. The Kier molecular flexibility index (Phi) is 5.09. The van der Waals surface area contributed by atoms with Crippen LogP contribution in [0, 0.1) is 0 Å². The summed E-state index contributed by atoms with van der Waals surface area (Å²) in [6.45, 7) is 2.17. The van der Waals surface area contributed by atoms with Crippen LogP contribution >= 0.6 is 0 Å². The van der Waals surface area contributed by atoms with Crippen LogP contribution in [0.15, 0.2) is 48.5 Å². The van der Waals surface area contributed by atoms with Crippen molar-refractivity contribution in [2.75, 3.05) is 20.3 Å². The van der Waals surface area contributed by atoms with Gasteiger partial charge in [0.25, 0.3) is 0 Å². The van der Waals surface area contributed by atoms with Gasteiger partial charge in [-0.15, -0.1) is 0 Å². The van der Waals surface area contributed by atoms with Crippen LogP contribution in [0.2, 0.25) is 0 Å². The number of rotatable bonds is 4. The van der Waals surface area contributed by atoms with Gasteiger partial charge in [-0.1, -0.05) is 48.5 Å². The minimum absolute atomic E-state index is 0.0841. The number of benzene rings is 2. The van der Waals surface area contributed by atoms with Crippen molar-refractivity contribution < 1.29 is 14.6 Å². The van der Waals surface area contributed by atoms with Gasteiger partial charge >= 0.3 is 0 Å². The molecule has 1 aliphatic carbocycles. The summed E-state index contributed by atoms with van der Waals surface area (Å²) in [5.41, 5.74) is 4.87. The molecule has 1 saturated carbocycles. The van der Waals surface area contributed by atoms with E-state index in [4.69, 9.17) is 9.47 Å². The molecule has 1 saturated heterocycles. The van der Waals surface area contributed by atoms with Crippen LogP contribution in [-0.4, -0.2) is 37.3 Å². The van der Waals surface area contributed by atoms with Crippen molar-refractivity contribution in [1.82, 2.24) is 5.32 Å². The molecule has 2 aliphatic rings. The molecule has 4 nitrogen and oxygen atoms in total. The SMILES string of the molecule is CNCc1ccc(-c2ccc(C3CC(O)CCC34OCCO4)cc2)cc1. The summed E-state index contributed by atoms with van der Waals surface area (Å²) in [7, 11) is 1.96. The van der Waals surface area contributed by atoms with Crippen molar-refractivity contribution in [2.24, 2.45) is 0 Å². The van der Waals surface area contributed by atoms with Crippen LogP contribution in [0.5, 0.6) is 0 Å². The summed E-state index contributed by atoms with van der Waals surface area (Å²) in [5.74, 6) is -0.462. The minimum Gasteiger partial charge on any atom is -0.393 e. The molecule has 2 atom stereocenters. The molecule has 0 amide bonds. The molecule has 2 aromatic carbocycles. The molecule has 4 heteroatoms. The van der Waals surface area contributed by atoms with Gasteiger partial charge in [-0.2, -0.15) is 0 Å². The van der Waals surface area contributed by atoms with Gasteiger partial charge in [-0.05, 0) is 42.1 Å². The first-order valence-electron chi connectivity index (χ1n) is 9.50. The van der Waals surface area contributed by atoms with Crippen LogP contribution in [0.4, 0.5) is 0 Å². The van der Waals surface area contributed by atoms with Crippen molar-refractivity contribution >= 4 is 0 Å². The Labute approximate surface area is 155 Å². The lowest BCUT2D eigenvalue weighted by atomic mass is 9.77. The molecule has 2 unspecified atom stereocenters. The highest BCUT2D eigenvalue weighted by Crippen LogP contribution is 2.46. The Morgan fingerprint density at radius 2 is 1.62 bits per heavy atom. The standard InChI is InChI=1S/C22H27NO3/c1-23-15-16-2-4-17(5-3-16)18-6-8-19(9-7-18)21-14-20(24)10-11-22(21)25-12-13-26-22/h2-9,20-21,23-24H,10-15H2,1H3. The van der Waals surface area contributed by atoms with Gasteiger partial charge in [0, 0.05) is 18.9 Å². The quantitative estimate of drug-likeness (QED) is 0.884. The Bertz CT molecular complexity index is 720. The van der Waals surface area contributed by atoms with Crippen LogP contribution in [0.1, 0.15) is 36.3 Å². The van der Waals surface area contributed by atoms with Gasteiger partial charge in [0.1, 0.15) is 0 Å². The maximum absolute atomic E-state index is 10.2. The molecule has 2 N–H and O–H groups in total. The second-order valence-electron chi connectivity index (χ2n) is 7.34. The largest absolute Gasteiger partial charge is 0.393 e. The third kappa shape index (κ3) is 3.42. The lowest BCUT2D eigenvalue weighted by molar-refractivity contribution is -0.202. The van der Waals surface area contributed by atoms with E-state index in [-0.39, 0.29) is 12.0 Å². The maximum Gasteiger partial charge on any atom is 0.175 e. The lowest BCUT2D eigenvalue weighted by Gasteiger charge is -2.41. The lowest BCUT2D eigenvalue weighted by Crippen LogP contribution is -2.43. The van der Waals surface area contributed by atoms with E-state index in [0.29, 0.717) is 19.6 Å². The smallest absolute Gasteiger partial charge is 0.175 e. The van der Waals surface area contributed by atoms with E-state index in [1.54, 1.807) is 0 Å². The third-order valence-electron chi connectivity index (χ3n) is 5.62. The van der Waals surface area contributed by atoms with E-state index >= 15 is 0 Å². The van der Waals surface area contributed by atoms with E-state index in [1.807, 2.05) is 7.05 Å². The Morgan fingerprint density at radius 3 is 2.23 bits per heavy atom. The predicted octanol–water partition coefficient (Wildman–Crippen LogP) is 3.44. The van der Waals surface area contributed by atoms with Crippen molar-refractivity contribution in [2.45, 2.75) is 43.6 Å². The zero-order valence-corrected chi connectivity index (χ0v) is 15.3. The topological polar surface area (TPSA) is 50.7 Å². The third-order valence-corrected chi connectivity index (χ3v) is 5.62. The Balaban J connectivity index is 1.56. The van der Waals surface area contributed by atoms with Gasteiger partial charge in [0.15, 0.2) is 5.79 Å². The molecule has 138 valence electrons. The molecule has 2 aromatic rings. The number of nitrogens with one attached hydrogen (secondary N) is 1. The van der Waals surface area contributed by atoms with E-state index in [1.165, 1.54) is 22.3 Å². The molecule has 0 radical (unpaired) electrons. The monoisotopic (exact) mass is 353 g/mol. The van der Waals surface area contributed by atoms with Gasteiger partial charge in [-0.3, -0.25) is 0 Å². The molecular formula is C22H27NO3. The summed E-state index contributed by atoms with van der Waals surface area (Å²) in [5, 5.41) is 13.3. The molecule has 4 rings (SSSR count). The fourth-order valence-electron chi connectivity index (χ4n) is 4.24. The average Bonchev–Trinajstić information content (AvgIpc) is 3.14. The highest BCUT2D eigenvalue weighted by Gasteiger charge is 2.48. The molecule has 1 aliphatic heterocycles. The van der Waals surface area contributed by atoms with E-state index in [9.17, 15) is 5.11 Å². The molecule has 2 fully saturated rings. The van der Waals surface area contributed by atoms with E-state index in [2.05, 4.69) is 53.8 Å². The molecular weight excluding hydrogens is 326 g/mol. The maximum atomic E-state index is 10.2. The first-order valence-corrected chi connectivity index (χ1v) is 9.50. The Morgan fingerprint density at radius 1 is 1.00 bits per heavy atom. The highest BCUT2D eigenvalue weighted by molar-refractivity contribution is 5.64. The first kappa shape index (κ1) is 17.7. The van der Waals surface area contributed by atoms with Gasteiger partial charge in [0.05, 0.1) is 19.3 Å². The van der Waals surface area contributed by atoms with Crippen molar-refractivity contribution in [3.05, 3.63) is 59.7 Å². The fraction of sp³-hybridized carbons (Fsp3) is 0.455. The number of hydrogen-bond acceptors (Lipinski definition) is 4. The number of hydrogen-bond donors (Lipinski definition) is 2. The number of aliphatic hydroxyl groups is 1. The predicted molar refractivity (Wildman–Crippen MR) is 102 cm³/mol. The van der Waals surface area contributed by atoms with E-state index < -0.39 is 5.79 Å². The van der Waals surface area contributed by atoms with Gasteiger partial charge in [0.2, 0.25) is 0 Å². The Hall–Kier alpha value is -1.72. The van der Waals surface area contributed by atoms with E-state index in [0.717, 1.165) is 19.4 Å².